The van der Waals surface area contributed by atoms with Gasteiger partial charge in [0.2, 0.25) is 0 Å². The van der Waals surface area contributed by atoms with Gasteiger partial charge in [0.25, 0.3) is 0 Å². The van der Waals surface area contributed by atoms with Crippen molar-refractivity contribution in [2.45, 2.75) is 89.2 Å². The lowest BCUT2D eigenvalue weighted by Gasteiger charge is -2.33. The summed E-state index contributed by atoms with van der Waals surface area (Å²) in [5.74, 6) is 0.701. The minimum atomic E-state index is -0.392. The second kappa shape index (κ2) is 12.0. The number of hydrogen-bond acceptors (Lipinski definition) is 6. The molecule has 184 valence electrons. The van der Waals surface area contributed by atoms with E-state index in [4.69, 9.17) is 35.3 Å². The summed E-state index contributed by atoms with van der Waals surface area (Å²) >= 11 is 6.10. The van der Waals surface area contributed by atoms with Crippen molar-refractivity contribution in [1.82, 2.24) is 0 Å². The predicted octanol–water partition coefficient (Wildman–Crippen LogP) is 5.26. The molecule has 0 aromatic heterocycles. The van der Waals surface area contributed by atoms with Crippen LogP contribution in [0.3, 0.4) is 0 Å². The third-order valence-corrected chi connectivity index (χ3v) is 6.95. The molecule has 4 rings (SSSR count). The fourth-order valence-corrected chi connectivity index (χ4v) is 5.02. The van der Waals surface area contributed by atoms with Crippen molar-refractivity contribution in [3.8, 4) is 5.75 Å². The minimum Gasteiger partial charge on any atom is -0.490 e. The van der Waals surface area contributed by atoms with E-state index in [2.05, 4.69) is 13.0 Å². The summed E-state index contributed by atoms with van der Waals surface area (Å²) in [4.78, 5) is 0. The zero-order chi connectivity index (χ0) is 23.1. The normalized spacial score (nSPS) is 33.9. The number of ether oxygens (including phenoxy) is 5. The number of rotatable bonds is 9. The average molecular weight is 481 g/mol. The maximum absolute atomic E-state index is 10.4. The summed E-state index contributed by atoms with van der Waals surface area (Å²) < 4.78 is 30.2. The fraction of sp³-hybridized carbons (Fsp3) is 0.692. The summed E-state index contributed by atoms with van der Waals surface area (Å²) in [5.41, 5.74) is -0.314. The Morgan fingerprint density at radius 1 is 1.15 bits per heavy atom. The molecule has 2 aliphatic heterocycles. The first-order valence-electron chi connectivity index (χ1n) is 12.3. The van der Waals surface area contributed by atoms with Crippen LogP contribution < -0.4 is 4.74 Å². The van der Waals surface area contributed by atoms with Gasteiger partial charge >= 0.3 is 0 Å². The van der Waals surface area contributed by atoms with Gasteiger partial charge in [-0.15, -0.1) is 0 Å². The molecular formula is C26H37ClO6. The molecule has 1 aromatic rings. The predicted molar refractivity (Wildman–Crippen MR) is 126 cm³/mol. The van der Waals surface area contributed by atoms with E-state index >= 15 is 0 Å². The fourth-order valence-electron chi connectivity index (χ4n) is 4.84. The van der Waals surface area contributed by atoms with Crippen molar-refractivity contribution in [1.29, 1.82) is 0 Å². The van der Waals surface area contributed by atoms with Gasteiger partial charge in [-0.3, -0.25) is 0 Å². The van der Waals surface area contributed by atoms with Gasteiger partial charge in [0, 0.05) is 30.1 Å². The molecule has 33 heavy (non-hydrogen) atoms. The lowest BCUT2D eigenvalue weighted by molar-refractivity contribution is -0.201. The van der Waals surface area contributed by atoms with E-state index in [1.165, 1.54) is 0 Å². The van der Waals surface area contributed by atoms with E-state index < -0.39 is 6.10 Å². The highest BCUT2D eigenvalue weighted by molar-refractivity contribution is 6.30. The first-order chi connectivity index (χ1) is 16.0. The van der Waals surface area contributed by atoms with Gasteiger partial charge < -0.3 is 28.8 Å². The van der Waals surface area contributed by atoms with Crippen molar-refractivity contribution >= 4 is 11.6 Å². The Morgan fingerprint density at radius 3 is 2.61 bits per heavy atom. The van der Waals surface area contributed by atoms with Gasteiger partial charge in [-0.1, -0.05) is 36.7 Å². The molecular weight excluding hydrogens is 444 g/mol. The van der Waals surface area contributed by atoms with Gasteiger partial charge in [0.15, 0.2) is 12.6 Å². The van der Waals surface area contributed by atoms with Gasteiger partial charge in [0.1, 0.15) is 18.5 Å². The molecule has 6 atom stereocenters. The molecule has 2 heterocycles. The average Bonchev–Trinajstić information content (AvgIpc) is 3.10. The Hall–Kier alpha value is -1.15. The zero-order valence-corrected chi connectivity index (χ0v) is 20.3. The molecule has 0 amide bonds. The van der Waals surface area contributed by atoms with Crippen LogP contribution in [0, 0.1) is 5.41 Å². The quantitative estimate of drug-likeness (QED) is 0.486. The SMILES string of the molecule is CC1(/C=C/[C@H](COc2cccc(Cl)c2)OC2CCCCO2)C[C@@H](O)C[C@H]1OC1CCCCO1. The first-order valence-corrected chi connectivity index (χ1v) is 12.7. The lowest BCUT2D eigenvalue weighted by Crippen LogP contribution is -2.35. The van der Waals surface area contributed by atoms with E-state index in [-0.39, 0.29) is 30.2 Å². The van der Waals surface area contributed by atoms with E-state index in [9.17, 15) is 5.11 Å². The molecule has 6 nitrogen and oxygen atoms in total. The zero-order valence-electron chi connectivity index (χ0n) is 19.5. The monoisotopic (exact) mass is 480 g/mol. The smallest absolute Gasteiger partial charge is 0.158 e. The highest BCUT2D eigenvalue weighted by Crippen LogP contribution is 2.43. The van der Waals surface area contributed by atoms with Crippen molar-refractivity contribution in [2.75, 3.05) is 19.8 Å². The number of hydrogen-bond donors (Lipinski definition) is 1. The van der Waals surface area contributed by atoms with E-state index in [1.807, 2.05) is 24.3 Å². The highest BCUT2D eigenvalue weighted by Gasteiger charge is 2.44. The summed E-state index contributed by atoms with van der Waals surface area (Å²) in [7, 11) is 0. The number of aliphatic hydroxyl groups is 1. The van der Waals surface area contributed by atoms with Gasteiger partial charge in [-0.25, -0.2) is 0 Å². The summed E-state index contributed by atoms with van der Waals surface area (Å²) in [6.45, 7) is 3.94. The molecule has 1 aromatic carbocycles. The van der Waals surface area contributed by atoms with Crippen molar-refractivity contribution in [3.63, 3.8) is 0 Å². The first kappa shape index (κ1) is 25.0. The molecule has 0 spiro atoms. The van der Waals surface area contributed by atoms with Crippen LogP contribution in [-0.4, -0.2) is 55.8 Å². The van der Waals surface area contributed by atoms with Crippen LogP contribution in [0.25, 0.3) is 0 Å². The molecule has 2 saturated heterocycles. The number of halogens is 1. The molecule has 3 fully saturated rings. The molecule has 7 heteroatoms. The molecule has 0 bridgehead atoms. The van der Waals surface area contributed by atoms with Crippen LogP contribution in [0.15, 0.2) is 36.4 Å². The topological polar surface area (TPSA) is 66.4 Å². The lowest BCUT2D eigenvalue weighted by atomic mass is 9.85. The second-order valence-corrected chi connectivity index (χ2v) is 10.1. The molecule has 1 aliphatic carbocycles. The maximum atomic E-state index is 10.4. The number of aliphatic hydroxyl groups excluding tert-OH is 1. The third-order valence-electron chi connectivity index (χ3n) is 6.72. The van der Waals surface area contributed by atoms with Crippen LogP contribution in [0.2, 0.25) is 5.02 Å². The molecule has 0 radical (unpaired) electrons. The standard InChI is InChI=1S/C26H37ClO6/c1-26(17-20(28)16-23(26)33-25-10-3-5-14-30-25)12-11-22(32-24-9-2-4-13-29-24)18-31-21-8-6-7-19(27)15-21/h6-8,11-12,15,20,22-25,28H,2-5,9-10,13-14,16-18H2,1H3/b12-11+/t20-,22+,23+,24?,25?,26?/m0/s1. The Bertz CT molecular complexity index is 761. The van der Waals surface area contributed by atoms with E-state index in [0.717, 1.165) is 51.7 Å². The largest absolute Gasteiger partial charge is 0.490 e. The minimum absolute atomic E-state index is 0.104. The Balaban J connectivity index is 1.43. The van der Waals surface area contributed by atoms with Crippen molar-refractivity contribution in [2.24, 2.45) is 5.41 Å². The van der Waals surface area contributed by atoms with Gasteiger partial charge in [-0.2, -0.15) is 0 Å². The molecule has 1 N–H and O–H groups in total. The second-order valence-electron chi connectivity index (χ2n) is 9.62. The Kier molecular flexibility index (Phi) is 9.08. The van der Waals surface area contributed by atoms with Crippen LogP contribution in [0.1, 0.15) is 58.3 Å². The van der Waals surface area contributed by atoms with Crippen LogP contribution in [-0.2, 0) is 18.9 Å². The maximum Gasteiger partial charge on any atom is 0.158 e. The summed E-state index contributed by atoms with van der Waals surface area (Å²) in [6.07, 6.45) is 10.4. The highest BCUT2D eigenvalue weighted by atomic mass is 35.5. The van der Waals surface area contributed by atoms with Crippen LogP contribution in [0.5, 0.6) is 5.75 Å². The Labute approximate surface area is 202 Å². The van der Waals surface area contributed by atoms with Crippen LogP contribution in [0.4, 0.5) is 0 Å². The Morgan fingerprint density at radius 2 is 1.91 bits per heavy atom. The molecule has 3 unspecified atom stereocenters. The van der Waals surface area contributed by atoms with Crippen molar-refractivity contribution < 1.29 is 28.8 Å². The van der Waals surface area contributed by atoms with Gasteiger partial charge in [0.05, 0.1) is 12.2 Å². The number of benzene rings is 1. The summed E-state index contributed by atoms with van der Waals surface area (Å²) in [5, 5.41) is 11.1. The van der Waals surface area contributed by atoms with Gasteiger partial charge in [-0.05, 0) is 63.1 Å². The van der Waals surface area contributed by atoms with Crippen molar-refractivity contribution in [3.05, 3.63) is 41.4 Å². The van der Waals surface area contributed by atoms with E-state index in [1.54, 1.807) is 6.07 Å². The summed E-state index contributed by atoms with van der Waals surface area (Å²) in [6, 6.07) is 7.36. The van der Waals surface area contributed by atoms with Crippen LogP contribution >= 0.6 is 11.6 Å². The third kappa shape index (κ3) is 7.41. The van der Waals surface area contributed by atoms with E-state index in [0.29, 0.717) is 30.2 Å². The molecule has 1 saturated carbocycles. The molecule has 3 aliphatic rings.